The van der Waals surface area contributed by atoms with Gasteiger partial charge >= 0.3 is 5.97 Å². The van der Waals surface area contributed by atoms with E-state index in [0.29, 0.717) is 11.4 Å². The summed E-state index contributed by atoms with van der Waals surface area (Å²) in [6.07, 6.45) is 0.847. The lowest BCUT2D eigenvalue weighted by molar-refractivity contribution is -0.123. The molecule has 2 aliphatic rings. The number of anilines is 3. The van der Waals surface area contributed by atoms with Gasteiger partial charge in [-0.1, -0.05) is 18.2 Å². The van der Waals surface area contributed by atoms with Crippen LogP contribution in [0.2, 0.25) is 0 Å². The zero-order valence-electron chi connectivity index (χ0n) is 15.5. The second-order valence-electron chi connectivity index (χ2n) is 6.98. The number of fused-ring (bicyclic) bond motifs is 3. The second-order valence-corrected chi connectivity index (χ2v) is 6.98. The number of nitrogens with one attached hydrogen (secondary N) is 2. The summed E-state index contributed by atoms with van der Waals surface area (Å²) in [4.78, 5) is 39.0. The molecule has 2 aromatic rings. The molecule has 0 aliphatic carbocycles. The molecule has 28 heavy (non-hydrogen) atoms. The highest BCUT2D eigenvalue weighted by atomic mass is 16.5. The molecule has 2 aromatic carbocycles. The molecule has 7 heteroatoms. The standard InChI is InChI=1S/C21H21N3O4/c1-13(19(25)22-15-6-3-2-4-7-15)28-21(27)14-9-10-17-16(12-14)23-20(26)18-8-5-11-24(17)18/h2-4,6-7,9-10,12-13,18H,5,8,11H2,1H3,(H,22,25)(H,23,26)/t13-,18-/m1/s1. The van der Waals surface area contributed by atoms with Gasteiger partial charge in [0.25, 0.3) is 5.91 Å². The van der Waals surface area contributed by atoms with E-state index < -0.39 is 18.0 Å². The van der Waals surface area contributed by atoms with Crippen molar-refractivity contribution < 1.29 is 19.1 Å². The van der Waals surface area contributed by atoms with Crippen LogP contribution in [0.15, 0.2) is 48.5 Å². The fourth-order valence-corrected chi connectivity index (χ4v) is 3.60. The van der Waals surface area contributed by atoms with Crippen molar-refractivity contribution >= 4 is 34.8 Å². The Kier molecular flexibility index (Phi) is 4.73. The third-order valence-electron chi connectivity index (χ3n) is 5.05. The first-order valence-electron chi connectivity index (χ1n) is 9.31. The molecular formula is C21H21N3O4. The molecule has 0 spiro atoms. The average Bonchev–Trinajstić information content (AvgIpc) is 3.19. The van der Waals surface area contributed by atoms with Crippen molar-refractivity contribution in [1.29, 1.82) is 0 Å². The zero-order chi connectivity index (χ0) is 19.7. The van der Waals surface area contributed by atoms with Crippen LogP contribution in [-0.2, 0) is 14.3 Å². The molecule has 7 nitrogen and oxygen atoms in total. The predicted octanol–water partition coefficient (Wildman–Crippen LogP) is 2.79. The lowest BCUT2D eigenvalue weighted by Crippen LogP contribution is -2.43. The van der Waals surface area contributed by atoms with Crippen molar-refractivity contribution in [1.82, 2.24) is 0 Å². The van der Waals surface area contributed by atoms with E-state index in [0.717, 1.165) is 25.1 Å². The van der Waals surface area contributed by atoms with Gasteiger partial charge in [0.2, 0.25) is 5.91 Å². The van der Waals surface area contributed by atoms with Gasteiger partial charge in [-0.25, -0.2) is 4.79 Å². The average molecular weight is 379 g/mol. The first kappa shape index (κ1) is 18.0. The van der Waals surface area contributed by atoms with E-state index >= 15 is 0 Å². The fourth-order valence-electron chi connectivity index (χ4n) is 3.60. The maximum Gasteiger partial charge on any atom is 0.338 e. The monoisotopic (exact) mass is 379 g/mol. The third-order valence-corrected chi connectivity index (χ3v) is 5.05. The quantitative estimate of drug-likeness (QED) is 0.798. The van der Waals surface area contributed by atoms with Gasteiger partial charge in [0.1, 0.15) is 6.04 Å². The lowest BCUT2D eigenvalue weighted by atomic mass is 10.1. The first-order valence-corrected chi connectivity index (χ1v) is 9.31. The molecule has 0 bridgehead atoms. The van der Waals surface area contributed by atoms with Gasteiger partial charge in [0.05, 0.1) is 16.9 Å². The minimum Gasteiger partial charge on any atom is -0.449 e. The van der Waals surface area contributed by atoms with E-state index in [2.05, 4.69) is 15.5 Å². The molecule has 4 rings (SSSR count). The maximum absolute atomic E-state index is 12.5. The number of amides is 2. The molecule has 2 atom stereocenters. The van der Waals surface area contributed by atoms with Crippen LogP contribution < -0.4 is 15.5 Å². The SMILES string of the molecule is C[C@@H](OC(=O)c1ccc2c(c1)NC(=O)[C@H]1CCCN21)C(=O)Nc1ccccc1. The van der Waals surface area contributed by atoms with Crippen LogP contribution in [0.1, 0.15) is 30.1 Å². The highest BCUT2D eigenvalue weighted by molar-refractivity contribution is 6.05. The molecule has 2 aliphatic heterocycles. The van der Waals surface area contributed by atoms with Crippen LogP contribution in [0.5, 0.6) is 0 Å². The van der Waals surface area contributed by atoms with Crippen LogP contribution in [0, 0.1) is 0 Å². The molecule has 0 saturated carbocycles. The first-order chi connectivity index (χ1) is 13.5. The molecule has 0 radical (unpaired) electrons. The third kappa shape index (κ3) is 3.43. The number of hydrogen-bond donors (Lipinski definition) is 2. The summed E-state index contributed by atoms with van der Waals surface area (Å²) in [6.45, 7) is 2.34. The summed E-state index contributed by atoms with van der Waals surface area (Å²) < 4.78 is 5.30. The Balaban J connectivity index is 1.44. The summed E-state index contributed by atoms with van der Waals surface area (Å²) in [5.74, 6) is -1.08. The van der Waals surface area contributed by atoms with Crippen LogP contribution in [0.25, 0.3) is 0 Å². The molecular weight excluding hydrogens is 358 g/mol. The molecule has 144 valence electrons. The van der Waals surface area contributed by atoms with Crippen molar-refractivity contribution in [2.75, 3.05) is 22.1 Å². The van der Waals surface area contributed by atoms with Crippen LogP contribution >= 0.6 is 0 Å². The van der Waals surface area contributed by atoms with Crippen molar-refractivity contribution in [2.45, 2.75) is 31.9 Å². The number of esters is 1. The summed E-state index contributed by atoms with van der Waals surface area (Å²) >= 11 is 0. The van der Waals surface area contributed by atoms with E-state index in [9.17, 15) is 14.4 Å². The molecule has 1 fully saturated rings. The van der Waals surface area contributed by atoms with Crippen molar-refractivity contribution in [2.24, 2.45) is 0 Å². The zero-order valence-corrected chi connectivity index (χ0v) is 15.5. The maximum atomic E-state index is 12.5. The largest absolute Gasteiger partial charge is 0.449 e. The van der Waals surface area contributed by atoms with Gasteiger partial charge < -0.3 is 20.3 Å². The van der Waals surface area contributed by atoms with Gasteiger partial charge in [-0.3, -0.25) is 9.59 Å². The van der Waals surface area contributed by atoms with E-state index in [4.69, 9.17) is 4.74 Å². The Morgan fingerprint density at radius 3 is 2.79 bits per heavy atom. The normalized spacial score (nSPS) is 18.5. The van der Waals surface area contributed by atoms with E-state index in [-0.39, 0.29) is 17.5 Å². The summed E-state index contributed by atoms with van der Waals surface area (Å²) in [5, 5.41) is 5.57. The van der Waals surface area contributed by atoms with Crippen LogP contribution in [0.4, 0.5) is 17.1 Å². The minimum atomic E-state index is -0.957. The van der Waals surface area contributed by atoms with Crippen LogP contribution in [-0.4, -0.2) is 36.5 Å². The summed E-state index contributed by atoms with van der Waals surface area (Å²) in [5.41, 5.74) is 2.43. The van der Waals surface area contributed by atoms with Gasteiger partial charge in [0, 0.05) is 12.2 Å². The highest BCUT2D eigenvalue weighted by Crippen LogP contribution is 2.37. The van der Waals surface area contributed by atoms with Crippen LogP contribution in [0.3, 0.4) is 0 Å². The van der Waals surface area contributed by atoms with E-state index in [1.54, 1.807) is 36.4 Å². The van der Waals surface area contributed by atoms with Crippen molar-refractivity contribution in [3.63, 3.8) is 0 Å². The van der Waals surface area contributed by atoms with Gasteiger partial charge in [-0.05, 0) is 50.1 Å². The predicted molar refractivity (Wildman–Crippen MR) is 105 cm³/mol. The number of carbonyl (C=O) groups excluding carboxylic acids is 3. The Labute approximate surface area is 162 Å². The van der Waals surface area contributed by atoms with Gasteiger partial charge in [0.15, 0.2) is 6.10 Å². The van der Waals surface area contributed by atoms with E-state index in [1.165, 1.54) is 6.92 Å². The smallest absolute Gasteiger partial charge is 0.338 e. The summed E-state index contributed by atoms with van der Waals surface area (Å²) in [6, 6.07) is 13.9. The molecule has 2 heterocycles. The number of hydrogen-bond acceptors (Lipinski definition) is 5. The molecule has 2 amide bonds. The minimum absolute atomic E-state index is 0.0499. The number of benzene rings is 2. The topological polar surface area (TPSA) is 87.7 Å². The van der Waals surface area contributed by atoms with Gasteiger partial charge in [-0.2, -0.15) is 0 Å². The highest BCUT2D eigenvalue weighted by Gasteiger charge is 2.36. The number of nitrogens with zero attached hydrogens (tertiary/aromatic N) is 1. The molecule has 0 unspecified atom stereocenters. The van der Waals surface area contributed by atoms with Crippen molar-refractivity contribution in [3.05, 3.63) is 54.1 Å². The Hall–Kier alpha value is -3.35. The number of carbonyl (C=O) groups is 3. The lowest BCUT2D eigenvalue weighted by Gasteiger charge is -2.33. The Morgan fingerprint density at radius 2 is 2.00 bits per heavy atom. The number of para-hydroxylation sites is 1. The Morgan fingerprint density at radius 1 is 1.21 bits per heavy atom. The Bertz CT molecular complexity index is 929. The number of ether oxygens (including phenoxy) is 1. The van der Waals surface area contributed by atoms with E-state index in [1.807, 2.05) is 12.1 Å². The second kappa shape index (κ2) is 7.34. The van der Waals surface area contributed by atoms with Gasteiger partial charge in [-0.15, -0.1) is 0 Å². The fraction of sp³-hybridized carbons (Fsp3) is 0.286. The molecule has 1 saturated heterocycles. The summed E-state index contributed by atoms with van der Waals surface area (Å²) in [7, 11) is 0. The molecule has 2 N–H and O–H groups in total. The van der Waals surface area contributed by atoms with Crippen molar-refractivity contribution in [3.8, 4) is 0 Å². The molecule has 0 aromatic heterocycles. The number of rotatable bonds is 4.